The number of aliphatic hydroxyl groups excluding tert-OH is 1. The molecule has 2 N–H and O–H groups in total. The first-order valence-electron chi connectivity index (χ1n) is 5.34. The van der Waals surface area contributed by atoms with Gasteiger partial charge in [-0.15, -0.1) is 0 Å². The van der Waals surface area contributed by atoms with E-state index in [1.165, 1.54) is 6.42 Å². The first-order valence-corrected chi connectivity index (χ1v) is 5.34. The smallest absolute Gasteiger partial charge is 0.407 e. The maximum absolute atomic E-state index is 11.3. The fourth-order valence-corrected chi connectivity index (χ4v) is 2.55. The van der Waals surface area contributed by atoms with Crippen LogP contribution >= 0.6 is 0 Å². The van der Waals surface area contributed by atoms with Crippen LogP contribution in [0.4, 0.5) is 4.79 Å². The van der Waals surface area contributed by atoms with Gasteiger partial charge in [-0.1, -0.05) is 6.42 Å². The molecule has 0 bridgehead atoms. The van der Waals surface area contributed by atoms with Gasteiger partial charge in [0.2, 0.25) is 0 Å². The number of hydrogen-bond acceptors (Lipinski definition) is 3. The lowest BCUT2D eigenvalue weighted by molar-refractivity contribution is -0.0557. The molecule has 4 nitrogen and oxygen atoms in total. The largest absolute Gasteiger partial charge is 0.443 e. The van der Waals surface area contributed by atoms with Crippen LogP contribution in [-0.2, 0) is 4.74 Å². The van der Waals surface area contributed by atoms with Crippen molar-refractivity contribution in [3.05, 3.63) is 0 Å². The van der Waals surface area contributed by atoms with Crippen LogP contribution in [0, 0.1) is 0 Å². The van der Waals surface area contributed by atoms with Crippen molar-refractivity contribution in [1.82, 2.24) is 5.32 Å². The van der Waals surface area contributed by atoms with Crippen LogP contribution in [0.1, 0.15) is 38.5 Å². The summed E-state index contributed by atoms with van der Waals surface area (Å²) in [5.74, 6) is 0. The predicted octanol–water partition coefficient (Wildman–Crippen LogP) is 1.18. The molecule has 1 atom stereocenters. The van der Waals surface area contributed by atoms with Crippen LogP contribution in [0.25, 0.3) is 0 Å². The molecule has 2 fully saturated rings. The van der Waals surface area contributed by atoms with Gasteiger partial charge in [-0.2, -0.15) is 0 Å². The quantitative estimate of drug-likeness (QED) is 0.666. The molecule has 2 aliphatic rings. The molecule has 1 heterocycles. The van der Waals surface area contributed by atoms with E-state index < -0.39 is 0 Å². The summed E-state index contributed by atoms with van der Waals surface area (Å²) in [5.41, 5.74) is -0.270. The highest BCUT2D eigenvalue weighted by Gasteiger charge is 2.41. The summed E-state index contributed by atoms with van der Waals surface area (Å²) in [7, 11) is 0. The van der Waals surface area contributed by atoms with E-state index in [-0.39, 0.29) is 24.3 Å². The Bertz CT molecular complexity index is 223. The molecular weight excluding hydrogens is 182 g/mol. The van der Waals surface area contributed by atoms with Crippen LogP contribution < -0.4 is 5.32 Å². The minimum atomic E-state index is -0.364. The van der Waals surface area contributed by atoms with Gasteiger partial charge in [0.25, 0.3) is 0 Å². The lowest BCUT2D eigenvalue weighted by Crippen LogP contribution is -2.54. The molecule has 1 spiro atoms. The number of amides is 1. The molecule has 0 aromatic carbocycles. The van der Waals surface area contributed by atoms with Crippen LogP contribution in [0.15, 0.2) is 0 Å². The summed E-state index contributed by atoms with van der Waals surface area (Å²) >= 11 is 0. The van der Waals surface area contributed by atoms with Crippen LogP contribution in [0.3, 0.4) is 0 Å². The maximum Gasteiger partial charge on any atom is 0.407 e. The Balaban J connectivity index is 2.05. The minimum Gasteiger partial charge on any atom is -0.443 e. The predicted molar refractivity (Wildman–Crippen MR) is 50.9 cm³/mol. The number of ether oxygens (including phenoxy) is 1. The number of rotatable bonds is 1. The van der Waals surface area contributed by atoms with Gasteiger partial charge in [0.05, 0.1) is 12.6 Å². The van der Waals surface area contributed by atoms with E-state index in [1.807, 2.05) is 0 Å². The summed E-state index contributed by atoms with van der Waals surface area (Å²) < 4.78 is 5.39. The van der Waals surface area contributed by atoms with Crippen LogP contribution in [-0.4, -0.2) is 29.4 Å². The molecule has 14 heavy (non-hydrogen) atoms. The van der Waals surface area contributed by atoms with E-state index in [9.17, 15) is 4.79 Å². The summed E-state index contributed by atoms with van der Waals surface area (Å²) in [5, 5.41) is 11.7. The third-order valence-electron chi connectivity index (χ3n) is 3.23. The SMILES string of the molecule is O=C1NC(CO)CC2(CCCCC2)O1. The average Bonchev–Trinajstić information content (AvgIpc) is 2.17. The van der Waals surface area contributed by atoms with Crippen molar-refractivity contribution in [2.45, 2.75) is 50.2 Å². The zero-order valence-electron chi connectivity index (χ0n) is 8.29. The fraction of sp³-hybridized carbons (Fsp3) is 0.900. The van der Waals surface area contributed by atoms with Crippen molar-refractivity contribution in [3.8, 4) is 0 Å². The molecule has 80 valence electrons. The molecule has 0 radical (unpaired) electrons. The molecule has 0 aromatic heterocycles. The van der Waals surface area contributed by atoms with Gasteiger partial charge < -0.3 is 15.2 Å². The van der Waals surface area contributed by atoms with Crippen molar-refractivity contribution in [2.24, 2.45) is 0 Å². The average molecular weight is 199 g/mol. The van der Waals surface area contributed by atoms with E-state index in [0.29, 0.717) is 0 Å². The normalized spacial score (nSPS) is 30.9. The van der Waals surface area contributed by atoms with E-state index in [2.05, 4.69) is 5.32 Å². The van der Waals surface area contributed by atoms with Crippen molar-refractivity contribution < 1.29 is 14.6 Å². The van der Waals surface area contributed by atoms with Crippen LogP contribution in [0.2, 0.25) is 0 Å². The number of aliphatic hydroxyl groups is 1. The van der Waals surface area contributed by atoms with Gasteiger partial charge in [0.1, 0.15) is 5.60 Å². The monoisotopic (exact) mass is 199 g/mol. The first kappa shape index (κ1) is 9.77. The second-order valence-electron chi connectivity index (χ2n) is 4.36. The standard InChI is InChI=1S/C10H17NO3/c12-7-8-6-10(14-9(13)11-8)4-2-1-3-5-10/h8,12H,1-7H2,(H,11,13). The fourth-order valence-electron chi connectivity index (χ4n) is 2.55. The third kappa shape index (κ3) is 1.85. The molecule has 2 rings (SSSR count). The van der Waals surface area contributed by atoms with Gasteiger partial charge in [-0.05, 0) is 25.7 Å². The summed E-state index contributed by atoms with van der Waals surface area (Å²) in [6, 6.07) is -0.116. The molecule has 0 aromatic rings. The van der Waals surface area contributed by atoms with Gasteiger partial charge >= 0.3 is 6.09 Å². The van der Waals surface area contributed by atoms with Crippen molar-refractivity contribution in [3.63, 3.8) is 0 Å². The molecule has 1 saturated carbocycles. The molecule has 1 aliphatic heterocycles. The second kappa shape index (κ2) is 3.77. The lowest BCUT2D eigenvalue weighted by Gasteiger charge is -2.42. The Kier molecular flexibility index (Phi) is 2.63. The topological polar surface area (TPSA) is 58.6 Å². The number of hydrogen-bond donors (Lipinski definition) is 2. The molecule has 1 aliphatic carbocycles. The van der Waals surface area contributed by atoms with Crippen molar-refractivity contribution in [1.29, 1.82) is 0 Å². The maximum atomic E-state index is 11.3. The highest BCUT2D eigenvalue weighted by molar-refractivity contribution is 5.69. The van der Waals surface area contributed by atoms with Gasteiger partial charge in [0, 0.05) is 6.42 Å². The highest BCUT2D eigenvalue weighted by Crippen LogP contribution is 2.37. The van der Waals surface area contributed by atoms with Crippen LogP contribution in [0.5, 0.6) is 0 Å². The lowest BCUT2D eigenvalue weighted by atomic mass is 9.79. The van der Waals surface area contributed by atoms with E-state index >= 15 is 0 Å². The van der Waals surface area contributed by atoms with Gasteiger partial charge in [-0.25, -0.2) is 4.79 Å². The minimum absolute atomic E-state index is 0.0108. The Labute approximate surface area is 83.6 Å². The molecule has 1 unspecified atom stereocenters. The van der Waals surface area contributed by atoms with Gasteiger partial charge in [-0.3, -0.25) is 0 Å². The third-order valence-corrected chi connectivity index (χ3v) is 3.23. The number of carbonyl (C=O) groups excluding carboxylic acids is 1. The van der Waals surface area contributed by atoms with Crippen molar-refractivity contribution >= 4 is 6.09 Å². The Morgan fingerprint density at radius 1 is 1.43 bits per heavy atom. The van der Waals surface area contributed by atoms with E-state index in [0.717, 1.165) is 32.1 Å². The van der Waals surface area contributed by atoms with E-state index in [4.69, 9.17) is 9.84 Å². The molecule has 1 amide bonds. The highest BCUT2D eigenvalue weighted by atomic mass is 16.6. The Hall–Kier alpha value is -0.770. The first-order chi connectivity index (χ1) is 6.74. The number of carbonyl (C=O) groups is 1. The van der Waals surface area contributed by atoms with Crippen molar-refractivity contribution in [2.75, 3.05) is 6.61 Å². The molecule has 1 saturated heterocycles. The second-order valence-corrected chi connectivity index (χ2v) is 4.36. The summed E-state index contributed by atoms with van der Waals surface area (Å²) in [4.78, 5) is 11.3. The zero-order valence-corrected chi connectivity index (χ0v) is 8.29. The summed E-state index contributed by atoms with van der Waals surface area (Å²) in [6.07, 6.45) is 5.80. The number of alkyl carbamates (subject to hydrolysis) is 1. The number of nitrogens with one attached hydrogen (secondary N) is 1. The summed E-state index contributed by atoms with van der Waals surface area (Å²) in [6.45, 7) is 0.0108. The van der Waals surface area contributed by atoms with E-state index in [1.54, 1.807) is 0 Å². The molecular formula is C10H17NO3. The van der Waals surface area contributed by atoms with Gasteiger partial charge in [0.15, 0.2) is 0 Å². The molecule has 4 heteroatoms. The Morgan fingerprint density at radius 3 is 2.79 bits per heavy atom. The zero-order chi connectivity index (χ0) is 10.0. The Morgan fingerprint density at radius 2 is 2.14 bits per heavy atom.